The van der Waals surface area contributed by atoms with Crippen molar-refractivity contribution in [1.29, 1.82) is 0 Å². The van der Waals surface area contributed by atoms with Crippen molar-refractivity contribution >= 4 is 0 Å². The fourth-order valence-electron chi connectivity index (χ4n) is 1.43. The molecule has 0 aliphatic carbocycles. The highest BCUT2D eigenvalue weighted by molar-refractivity contribution is 5.38. The van der Waals surface area contributed by atoms with Gasteiger partial charge < -0.3 is 4.74 Å². The number of alkyl halides is 3. The lowest BCUT2D eigenvalue weighted by Gasteiger charge is -2.06. The molecule has 0 fully saturated rings. The van der Waals surface area contributed by atoms with Gasteiger partial charge in [-0.25, -0.2) is 4.68 Å². The van der Waals surface area contributed by atoms with Crippen LogP contribution in [0, 0.1) is 0 Å². The molecular weight excluding hydrogens is 247 g/mol. The highest BCUT2D eigenvalue weighted by atomic mass is 19.4. The predicted octanol–water partition coefficient (Wildman–Crippen LogP) is 2.19. The number of rotatable bonds is 3. The quantitative estimate of drug-likeness (QED) is 0.857. The standard InChI is InChI=1S/C11H10F3N3O/c12-11(13,14)10-4-5-17(16-10)8-2-1-3-9(6-8)18-7-15/h1-6H,7,15H2. The lowest BCUT2D eigenvalue weighted by molar-refractivity contribution is -0.141. The average Bonchev–Trinajstić information content (AvgIpc) is 2.78. The van der Waals surface area contributed by atoms with Crippen LogP contribution in [0.25, 0.3) is 5.69 Å². The zero-order chi connectivity index (χ0) is 13.2. The molecule has 4 nitrogen and oxygen atoms in total. The van der Waals surface area contributed by atoms with E-state index in [0.29, 0.717) is 11.4 Å². The van der Waals surface area contributed by atoms with Crippen LogP contribution in [0.5, 0.6) is 5.75 Å². The van der Waals surface area contributed by atoms with Crippen molar-refractivity contribution in [2.75, 3.05) is 6.73 Å². The zero-order valence-electron chi connectivity index (χ0n) is 9.19. The topological polar surface area (TPSA) is 53.1 Å². The Bertz CT molecular complexity index is 536. The van der Waals surface area contributed by atoms with E-state index in [9.17, 15) is 13.2 Å². The number of aromatic nitrogens is 2. The van der Waals surface area contributed by atoms with Gasteiger partial charge in [-0.3, -0.25) is 5.73 Å². The minimum atomic E-state index is -4.45. The second-order valence-electron chi connectivity index (χ2n) is 3.45. The van der Waals surface area contributed by atoms with Gasteiger partial charge in [-0.1, -0.05) is 6.07 Å². The molecule has 1 heterocycles. The molecule has 1 aromatic heterocycles. The summed E-state index contributed by atoms with van der Waals surface area (Å²) in [6, 6.07) is 7.40. The van der Waals surface area contributed by atoms with Crippen LogP contribution in [0.2, 0.25) is 0 Å². The van der Waals surface area contributed by atoms with Crippen molar-refractivity contribution < 1.29 is 17.9 Å². The first-order valence-electron chi connectivity index (χ1n) is 5.07. The van der Waals surface area contributed by atoms with Crippen molar-refractivity contribution in [3.63, 3.8) is 0 Å². The average molecular weight is 257 g/mol. The molecule has 0 bridgehead atoms. The Morgan fingerprint density at radius 2 is 2.06 bits per heavy atom. The maximum Gasteiger partial charge on any atom is 0.435 e. The van der Waals surface area contributed by atoms with Gasteiger partial charge in [-0.05, 0) is 18.2 Å². The van der Waals surface area contributed by atoms with Crippen LogP contribution in [-0.4, -0.2) is 16.5 Å². The van der Waals surface area contributed by atoms with Gasteiger partial charge >= 0.3 is 6.18 Å². The zero-order valence-corrected chi connectivity index (χ0v) is 9.19. The predicted molar refractivity (Wildman–Crippen MR) is 58.2 cm³/mol. The van der Waals surface area contributed by atoms with E-state index in [2.05, 4.69) is 5.10 Å². The minimum Gasteiger partial charge on any atom is -0.479 e. The molecule has 0 unspecified atom stereocenters. The molecule has 18 heavy (non-hydrogen) atoms. The minimum absolute atomic E-state index is 0.00361. The Hall–Kier alpha value is -2.02. The summed E-state index contributed by atoms with van der Waals surface area (Å²) in [4.78, 5) is 0. The van der Waals surface area contributed by atoms with Gasteiger partial charge in [0.1, 0.15) is 12.5 Å². The van der Waals surface area contributed by atoms with Gasteiger partial charge in [0.25, 0.3) is 0 Å². The van der Waals surface area contributed by atoms with Crippen LogP contribution < -0.4 is 10.5 Å². The van der Waals surface area contributed by atoms with E-state index in [1.54, 1.807) is 24.3 Å². The Kier molecular flexibility index (Phi) is 3.24. The molecular formula is C11H10F3N3O. The lowest BCUT2D eigenvalue weighted by Crippen LogP contribution is -2.08. The molecule has 2 aromatic rings. The number of ether oxygens (including phenoxy) is 1. The second-order valence-corrected chi connectivity index (χ2v) is 3.45. The molecule has 1 aromatic carbocycles. The van der Waals surface area contributed by atoms with Crippen molar-refractivity contribution in [2.45, 2.75) is 6.18 Å². The summed E-state index contributed by atoms with van der Waals surface area (Å²) in [6.45, 7) is -0.00361. The smallest absolute Gasteiger partial charge is 0.435 e. The van der Waals surface area contributed by atoms with E-state index in [1.807, 2.05) is 0 Å². The summed E-state index contributed by atoms with van der Waals surface area (Å²) in [6.07, 6.45) is -3.21. The Balaban J connectivity index is 2.31. The highest BCUT2D eigenvalue weighted by Crippen LogP contribution is 2.28. The Labute approximate surface area is 101 Å². The fourth-order valence-corrected chi connectivity index (χ4v) is 1.43. The lowest BCUT2D eigenvalue weighted by atomic mass is 10.3. The molecule has 96 valence electrons. The number of hydrogen-bond acceptors (Lipinski definition) is 3. The Morgan fingerprint density at radius 1 is 1.28 bits per heavy atom. The molecule has 0 aliphatic heterocycles. The molecule has 0 radical (unpaired) electrons. The third-order valence-electron chi connectivity index (χ3n) is 2.21. The molecule has 0 aliphatic rings. The van der Waals surface area contributed by atoms with E-state index < -0.39 is 11.9 Å². The largest absolute Gasteiger partial charge is 0.479 e. The molecule has 2 N–H and O–H groups in total. The van der Waals surface area contributed by atoms with Gasteiger partial charge in [-0.15, -0.1) is 0 Å². The van der Waals surface area contributed by atoms with Gasteiger partial charge in [0.2, 0.25) is 0 Å². The van der Waals surface area contributed by atoms with Gasteiger partial charge in [0, 0.05) is 12.3 Å². The van der Waals surface area contributed by atoms with Crippen LogP contribution >= 0.6 is 0 Å². The first-order chi connectivity index (χ1) is 8.50. The first kappa shape index (κ1) is 12.4. The van der Waals surface area contributed by atoms with Crippen LogP contribution in [0.4, 0.5) is 13.2 Å². The number of benzene rings is 1. The van der Waals surface area contributed by atoms with Gasteiger partial charge in [-0.2, -0.15) is 18.3 Å². The monoisotopic (exact) mass is 257 g/mol. The normalized spacial score (nSPS) is 11.6. The maximum atomic E-state index is 12.4. The number of nitrogens with two attached hydrogens (primary N) is 1. The summed E-state index contributed by atoms with van der Waals surface area (Å²) in [7, 11) is 0. The van der Waals surface area contributed by atoms with Crippen LogP contribution in [0.1, 0.15) is 5.69 Å². The molecule has 7 heteroatoms. The summed E-state index contributed by atoms with van der Waals surface area (Å²) in [5.74, 6) is 0.471. The first-order valence-corrected chi connectivity index (χ1v) is 5.07. The molecule has 0 saturated heterocycles. The van der Waals surface area contributed by atoms with Crippen molar-refractivity contribution in [3.8, 4) is 11.4 Å². The molecule has 0 atom stereocenters. The fraction of sp³-hybridized carbons (Fsp3) is 0.182. The molecule has 2 rings (SSSR count). The third-order valence-corrected chi connectivity index (χ3v) is 2.21. The van der Waals surface area contributed by atoms with E-state index >= 15 is 0 Å². The van der Waals surface area contributed by atoms with Crippen molar-refractivity contribution in [3.05, 3.63) is 42.2 Å². The van der Waals surface area contributed by atoms with E-state index in [-0.39, 0.29) is 6.73 Å². The van der Waals surface area contributed by atoms with Gasteiger partial charge in [0.05, 0.1) is 5.69 Å². The Morgan fingerprint density at radius 3 is 2.67 bits per heavy atom. The summed E-state index contributed by atoms with van der Waals surface area (Å²) in [5.41, 5.74) is 4.75. The van der Waals surface area contributed by atoms with Crippen LogP contribution in [-0.2, 0) is 6.18 Å². The molecule has 0 amide bonds. The summed E-state index contributed by atoms with van der Waals surface area (Å²) in [5, 5.41) is 3.46. The number of nitrogens with zero attached hydrogens (tertiary/aromatic N) is 2. The van der Waals surface area contributed by atoms with Crippen molar-refractivity contribution in [1.82, 2.24) is 9.78 Å². The maximum absolute atomic E-state index is 12.4. The second kappa shape index (κ2) is 4.69. The third kappa shape index (κ3) is 2.62. The molecule has 0 saturated carbocycles. The van der Waals surface area contributed by atoms with E-state index in [1.165, 1.54) is 6.20 Å². The SMILES string of the molecule is NCOc1cccc(-n2ccc(C(F)(F)F)n2)c1. The highest BCUT2D eigenvalue weighted by Gasteiger charge is 2.33. The summed E-state index contributed by atoms with van der Waals surface area (Å²) < 4.78 is 43.4. The van der Waals surface area contributed by atoms with Crippen LogP contribution in [0.3, 0.4) is 0 Å². The number of hydrogen-bond donors (Lipinski definition) is 1. The van der Waals surface area contributed by atoms with Crippen molar-refractivity contribution in [2.24, 2.45) is 5.73 Å². The summed E-state index contributed by atoms with van der Waals surface area (Å²) >= 11 is 0. The van der Waals surface area contributed by atoms with Crippen LogP contribution in [0.15, 0.2) is 36.5 Å². The van der Waals surface area contributed by atoms with E-state index in [0.717, 1.165) is 10.7 Å². The molecule has 0 spiro atoms. The number of halogens is 3. The van der Waals surface area contributed by atoms with E-state index in [4.69, 9.17) is 10.5 Å². The van der Waals surface area contributed by atoms with Gasteiger partial charge in [0.15, 0.2) is 5.69 Å².